The lowest BCUT2D eigenvalue weighted by molar-refractivity contribution is 0.0922. The quantitative estimate of drug-likeness (QED) is 0.700. The van der Waals surface area contributed by atoms with Crippen LogP contribution in [0.1, 0.15) is 10.4 Å². The van der Waals surface area contributed by atoms with Gasteiger partial charge in [-0.1, -0.05) is 40.2 Å². The van der Waals surface area contributed by atoms with Crippen molar-refractivity contribution in [3.8, 4) is 17.0 Å². The summed E-state index contributed by atoms with van der Waals surface area (Å²) in [5.74, 6) is 0.566. The predicted octanol–water partition coefficient (Wildman–Crippen LogP) is 4.10. The van der Waals surface area contributed by atoms with E-state index in [2.05, 4.69) is 25.9 Å². The van der Waals surface area contributed by atoms with E-state index in [-0.39, 0.29) is 12.4 Å². The fraction of sp³-hybridized carbons (Fsp3) is 0.0588. The number of nitrogens with one attached hydrogen (secondary N) is 1. The first-order valence-electron chi connectivity index (χ1n) is 6.74. The molecule has 0 aliphatic heterocycles. The molecule has 0 amide bonds. The summed E-state index contributed by atoms with van der Waals surface area (Å²) in [6.07, 6.45) is 3.40. The van der Waals surface area contributed by atoms with Crippen LogP contribution in [-0.2, 0) is 0 Å². The smallest absolute Gasteiger partial charge is 0.200 e. The van der Waals surface area contributed by atoms with Crippen molar-refractivity contribution in [2.24, 2.45) is 0 Å². The first kappa shape index (κ1) is 14.5. The lowest BCUT2D eigenvalue weighted by Gasteiger charge is -2.09. The minimum absolute atomic E-state index is 0.0160. The Hall–Kier alpha value is -2.40. The highest BCUT2D eigenvalue weighted by atomic mass is 79.9. The van der Waals surface area contributed by atoms with Gasteiger partial charge in [0.15, 0.2) is 12.4 Å². The number of para-hydroxylation sites is 1. The lowest BCUT2D eigenvalue weighted by Crippen LogP contribution is -2.12. The molecule has 0 aliphatic rings. The van der Waals surface area contributed by atoms with Crippen LogP contribution >= 0.6 is 15.9 Å². The van der Waals surface area contributed by atoms with E-state index in [9.17, 15) is 4.79 Å². The number of aromatic nitrogens is 2. The summed E-state index contributed by atoms with van der Waals surface area (Å²) in [4.78, 5) is 19.3. The second-order valence-corrected chi connectivity index (χ2v) is 5.59. The lowest BCUT2D eigenvalue weighted by atomic mass is 10.1. The molecular formula is C17H13BrN2O2. The first-order chi connectivity index (χ1) is 10.7. The molecule has 0 radical (unpaired) electrons. The Morgan fingerprint density at radius 2 is 2.05 bits per heavy atom. The molecule has 5 heteroatoms. The molecule has 0 atom stereocenters. The molecule has 3 rings (SSSR count). The fourth-order valence-electron chi connectivity index (χ4n) is 2.10. The molecule has 4 nitrogen and oxygen atoms in total. The van der Waals surface area contributed by atoms with Crippen molar-refractivity contribution in [1.29, 1.82) is 0 Å². The van der Waals surface area contributed by atoms with Crippen molar-refractivity contribution in [2.75, 3.05) is 6.61 Å². The van der Waals surface area contributed by atoms with E-state index < -0.39 is 0 Å². The van der Waals surface area contributed by atoms with Crippen molar-refractivity contribution in [2.45, 2.75) is 0 Å². The van der Waals surface area contributed by atoms with E-state index in [1.165, 1.54) is 0 Å². The summed E-state index contributed by atoms with van der Waals surface area (Å²) < 4.78 is 6.57. The van der Waals surface area contributed by atoms with Gasteiger partial charge in [-0.2, -0.15) is 0 Å². The highest BCUT2D eigenvalue weighted by Crippen LogP contribution is 2.28. The largest absolute Gasteiger partial charge is 0.485 e. The van der Waals surface area contributed by atoms with Crippen molar-refractivity contribution in [1.82, 2.24) is 9.97 Å². The molecule has 0 saturated carbocycles. The third kappa shape index (κ3) is 3.26. The average molecular weight is 357 g/mol. The summed E-state index contributed by atoms with van der Waals surface area (Å²) in [6, 6.07) is 14.8. The number of carbonyl (C=O) groups excluding carboxylic acids is 1. The maximum absolute atomic E-state index is 12.2. The number of halogens is 1. The Balaban J connectivity index is 1.76. The zero-order valence-corrected chi connectivity index (χ0v) is 13.2. The summed E-state index contributed by atoms with van der Waals surface area (Å²) in [6.45, 7) is -0.0160. The van der Waals surface area contributed by atoms with Crippen LogP contribution in [0.5, 0.6) is 5.75 Å². The van der Waals surface area contributed by atoms with E-state index in [1.807, 2.05) is 36.4 Å². The number of benzene rings is 2. The number of rotatable bonds is 5. The molecule has 0 bridgehead atoms. The van der Waals surface area contributed by atoms with Gasteiger partial charge < -0.3 is 9.72 Å². The minimum atomic E-state index is -0.0712. The van der Waals surface area contributed by atoms with Gasteiger partial charge in [0.05, 0.1) is 12.0 Å². The van der Waals surface area contributed by atoms with Gasteiger partial charge in [-0.05, 0) is 24.3 Å². The van der Waals surface area contributed by atoms with Crippen molar-refractivity contribution >= 4 is 21.7 Å². The number of ketones is 1. The molecule has 22 heavy (non-hydrogen) atoms. The van der Waals surface area contributed by atoms with Gasteiger partial charge in [-0.25, -0.2) is 4.98 Å². The number of Topliss-reactive ketones (excluding diaryl/α,β-unsaturated/α-hetero) is 1. The number of nitrogens with zero attached hydrogens (tertiary/aromatic N) is 1. The van der Waals surface area contributed by atoms with Crippen molar-refractivity contribution in [3.63, 3.8) is 0 Å². The number of hydrogen-bond donors (Lipinski definition) is 1. The molecule has 0 fully saturated rings. The standard InChI is InChI=1S/C17H13BrN2O2/c18-13-5-3-4-12(8-13)16(21)10-22-17-7-2-1-6-14(17)15-9-19-11-20-15/h1-9,11H,10H2,(H,19,20). The second kappa shape index (κ2) is 6.58. The van der Waals surface area contributed by atoms with Crippen LogP contribution in [0.3, 0.4) is 0 Å². The van der Waals surface area contributed by atoms with Crippen LogP contribution in [0.25, 0.3) is 11.3 Å². The number of imidazole rings is 1. The second-order valence-electron chi connectivity index (χ2n) is 4.67. The minimum Gasteiger partial charge on any atom is -0.485 e. The van der Waals surface area contributed by atoms with E-state index in [0.29, 0.717) is 11.3 Å². The van der Waals surface area contributed by atoms with Gasteiger partial charge >= 0.3 is 0 Å². The van der Waals surface area contributed by atoms with Gasteiger partial charge in [0.1, 0.15) is 5.75 Å². The molecule has 0 spiro atoms. The van der Waals surface area contributed by atoms with Gasteiger partial charge in [-0.15, -0.1) is 0 Å². The van der Waals surface area contributed by atoms with Crippen molar-refractivity contribution in [3.05, 3.63) is 71.1 Å². The Labute approximate surface area is 136 Å². The van der Waals surface area contributed by atoms with Gasteiger partial charge in [0.2, 0.25) is 0 Å². The maximum atomic E-state index is 12.2. The molecule has 0 saturated heterocycles. The van der Waals surface area contributed by atoms with E-state index >= 15 is 0 Å². The van der Waals surface area contributed by atoms with Gasteiger partial charge in [-0.3, -0.25) is 4.79 Å². The molecule has 0 aliphatic carbocycles. The van der Waals surface area contributed by atoms with Gasteiger partial charge in [0.25, 0.3) is 0 Å². The highest BCUT2D eigenvalue weighted by Gasteiger charge is 2.11. The number of ether oxygens (including phenoxy) is 1. The normalized spacial score (nSPS) is 10.4. The Morgan fingerprint density at radius 3 is 2.82 bits per heavy atom. The Kier molecular flexibility index (Phi) is 4.34. The van der Waals surface area contributed by atoms with Crippen LogP contribution < -0.4 is 4.74 Å². The number of H-pyrrole nitrogens is 1. The van der Waals surface area contributed by atoms with E-state index in [1.54, 1.807) is 24.7 Å². The van der Waals surface area contributed by atoms with Crippen molar-refractivity contribution < 1.29 is 9.53 Å². The monoisotopic (exact) mass is 356 g/mol. The van der Waals surface area contributed by atoms with Crippen LogP contribution in [0.15, 0.2) is 65.5 Å². The molecule has 110 valence electrons. The maximum Gasteiger partial charge on any atom is 0.200 e. The molecule has 1 heterocycles. The van der Waals surface area contributed by atoms with Crippen LogP contribution in [0.2, 0.25) is 0 Å². The average Bonchev–Trinajstić information content (AvgIpc) is 3.07. The summed E-state index contributed by atoms with van der Waals surface area (Å²) in [5, 5.41) is 0. The molecule has 1 N–H and O–H groups in total. The topological polar surface area (TPSA) is 55.0 Å². The fourth-order valence-corrected chi connectivity index (χ4v) is 2.50. The zero-order valence-electron chi connectivity index (χ0n) is 11.6. The third-order valence-electron chi connectivity index (χ3n) is 3.17. The molecule has 1 aromatic heterocycles. The third-order valence-corrected chi connectivity index (χ3v) is 3.66. The number of aromatic amines is 1. The predicted molar refractivity (Wildman–Crippen MR) is 88.0 cm³/mol. The summed E-state index contributed by atoms with van der Waals surface area (Å²) >= 11 is 3.36. The molecule has 2 aromatic carbocycles. The summed E-state index contributed by atoms with van der Waals surface area (Å²) in [5.41, 5.74) is 2.25. The van der Waals surface area contributed by atoms with Crippen LogP contribution in [-0.4, -0.2) is 22.4 Å². The Morgan fingerprint density at radius 1 is 1.18 bits per heavy atom. The molecule has 3 aromatic rings. The SMILES string of the molecule is O=C(COc1ccccc1-c1c[nH]cn1)c1cccc(Br)c1. The zero-order chi connectivity index (χ0) is 15.4. The van der Waals surface area contributed by atoms with E-state index in [0.717, 1.165) is 15.7 Å². The summed E-state index contributed by atoms with van der Waals surface area (Å²) in [7, 11) is 0. The van der Waals surface area contributed by atoms with Gasteiger partial charge in [0, 0.05) is 21.8 Å². The van der Waals surface area contributed by atoms with E-state index in [4.69, 9.17) is 4.74 Å². The van der Waals surface area contributed by atoms with Crippen LogP contribution in [0.4, 0.5) is 0 Å². The number of carbonyl (C=O) groups is 1. The molecular weight excluding hydrogens is 344 g/mol. The first-order valence-corrected chi connectivity index (χ1v) is 7.53. The van der Waals surface area contributed by atoms with Crippen LogP contribution in [0, 0.1) is 0 Å². The Bertz CT molecular complexity index is 785. The highest BCUT2D eigenvalue weighted by molar-refractivity contribution is 9.10. The number of hydrogen-bond acceptors (Lipinski definition) is 3. The molecule has 0 unspecified atom stereocenters.